The maximum Gasteiger partial charge on any atom is 0.315 e. The van der Waals surface area contributed by atoms with E-state index in [1.807, 2.05) is 0 Å². The van der Waals surface area contributed by atoms with Gasteiger partial charge in [0.25, 0.3) is 0 Å². The first-order chi connectivity index (χ1) is 8.43. The predicted molar refractivity (Wildman–Crippen MR) is 66.7 cm³/mol. The predicted octanol–water partition coefficient (Wildman–Crippen LogP) is 1.55. The monoisotopic (exact) mass is 270 g/mol. The van der Waals surface area contributed by atoms with Gasteiger partial charge in [-0.1, -0.05) is 11.3 Å². The summed E-state index contributed by atoms with van der Waals surface area (Å²) in [7, 11) is 0. The lowest BCUT2D eigenvalue weighted by atomic mass is 10.3. The molecule has 1 N–H and O–H groups in total. The number of nitrogens with one attached hydrogen (secondary N) is 1. The molecular weight excluding hydrogens is 256 g/mol. The van der Waals surface area contributed by atoms with Crippen LogP contribution in [0.3, 0.4) is 0 Å². The average Bonchev–Trinajstić information content (AvgIpc) is 2.59. The molecule has 0 unspecified atom stereocenters. The highest BCUT2D eigenvalue weighted by Gasteiger charge is 2.15. The molecule has 1 rings (SSSR count). The minimum atomic E-state index is -0.588. The number of carbonyl (C=O) groups excluding carboxylic acids is 3. The largest absolute Gasteiger partial charge is 0.466 e. The van der Waals surface area contributed by atoms with Crippen molar-refractivity contribution in [1.82, 2.24) is 4.98 Å². The molecule has 0 atom stereocenters. The van der Waals surface area contributed by atoms with E-state index in [9.17, 15) is 14.4 Å². The molecule has 0 fully saturated rings. The van der Waals surface area contributed by atoms with E-state index in [-0.39, 0.29) is 18.8 Å². The second kappa shape index (κ2) is 6.25. The topological polar surface area (TPSA) is 85.4 Å². The van der Waals surface area contributed by atoms with Crippen LogP contribution in [0, 0.1) is 6.92 Å². The van der Waals surface area contributed by atoms with Crippen molar-refractivity contribution >= 4 is 34.1 Å². The third-order valence-electron chi connectivity index (χ3n) is 1.97. The number of amides is 1. The number of rotatable bonds is 5. The number of anilines is 1. The summed E-state index contributed by atoms with van der Waals surface area (Å²) >= 11 is 1.09. The van der Waals surface area contributed by atoms with Crippen LogP contribution < -0.4 is 5.32 Å². The molecule has 0 aliphatic heterocycles. The quantitative estimate of drug-likeness (QED) is 0.498. The van der Waals surface area contributed by atoms with Crippen LogP contribution in [0.1, 0.15) is 35.6 Å². The Morgan fingerprint density at radius 1 is 1.39 bits per heavy atom. The summed E-state index contributed by atoms with van der Waals surface area (Å²) in [5.41, 5.74) is 0.568. The summed E-state index contributed by atoms with van der Waals surface area (Å²) in [6, 6.07) is 0. The van der Waals surface area contributed by atoms with Crippen LogP contribution in [0.15, 0.2) is 0 Å². The lowest BCUT2D eigenvalue weighted by Gasteiger charge is -2.01. The molecule has 1 amide bonds. The Hall–Kier alpha value is -1.76. The lowest BCUT2D eigenvalue weighted by molar-refractivity contribution is -0.145. The SMILES string of the molecule is CCOC(=O)CC(=O)Nc1nc(C)c(C(C)=O)s1. The summed E-state index contributed by atoms with van der Waals surface area (Å²) in [6.07, 6.45) is -0.359. The molecular formula is C11H14N2O4S. The Balaban J connectivity index is 2.62. The van der Waals surface area contributed by atoms with Crippen LogP contribution in [-0.2, 0) is 14.3 Å². The van der Waals surface area contributed by atoms with E-state index >= 15 is 0 Å². The minimum Gasteiger partial charge on any atom is -0.466 e. The van der Waals surface area contributed by atoms with Crippen molar-refractivity contribution in [2.75, 3.05) is 11.9 Å². The Kier molecular flexibility index (Phi) is 4.96. The van der Waals surface area contributed by atoms with E-state index in [0.717, 1.165) is 11.3 Å². The number of thiazole rings is 1. The lowest BCUT2D eigenvalue weighted by Crippen LogP contribution is -2.18. The molecule has 0 saturated heterocycles. The molecule has 18 heavy (non-hydrogen) atoms. The van der Waals surface area contributed by atoms with Gasteiger partial charge < -0.3 is 10.1 Å². The van der Waals surface area contributed by atoms with E-state index in [4.69, 9.17) is 0 Å². The number of Topliss-reactive ketones (excluding diaryl/α,β-unsaturated/α-hetero) is 1. The Morgan fingerprint density at radius 3 is 2.56 bits per heavy atom. The number of hydrogen-bond acceptors (Lipinski definition) is 6. The molecule has 0 aliphatic rings. The summed E-state index contributed by atoms with van der Waals surface area (Å²) < 4.78 is 4.65. The molecule has 0 saturated carbocycles. The molecule has 6 nitrogen and oxygen atoms in total. The molecule has 0 aliphatic carbocycles. The van der Waals surface area contributed by atoms with Gasteiger partial charge in [0.1, 0.15) is 6.42 Å². The zero-order valence-electron chi connectivity index (χ0n) is 10.4. The van der Waals surface area contributed by atoms with Gasteiger partial charge in [-0.05, 0) is 13.8 Å². The van der Waals surface area contributed by atoms with Crippen LogP contribution >= 0.6 is 11.3 Å². The number of nitrogens with zero attached hydrogens (tertiary/aromatic N) is 1. The van der Waals surface area contributed by atoms with Crippen molar-refractivity contribution in [3.8, 4) is 0 Å². The fraction of sp³-hybridized carbons (Fsp3) is 0.455. The number of esters is 1. The third kappa shape index (κ3) is 3.92. The van der Waals surface area contributed by atoms with Gasteiger partial charge in [-0.15, -0.1) is 0 Å². The Bertz CT molecular complexity index is 481. The average molecular weight is 270 g/mol. The second-order valence-electron chi connectivity index (χ2n) is 3.52. The van der Waals surface area contributed by atoms with Crippen LogP contribution in [-0.4, -0.2) is 29.3 Å². The molecule has 0 bridgehead atoms. The van der Waals surface area contributed by atoms with Crippen LogP contribution in [0.2, 0.25) is 0 Å². The van der Waals surface area contributed by atoms with E-state index in [1.54, 1.807) is 13.8 Å². The van der Waals surface area contributed by atoms with Gasteiger partial charge in [-0.3, -0.25) is 14.4 Å². The number of aromatic nitrogens is 1. The summed E-state index contributed by atoms with van der Waals surface area (Å²) in [6.45, 7) is 5.02. The van der Waals surface area contributed by atoms with E-state index in [1.165, 1.54) is 6.92 Å². The molecule has 0 spiro atoms. The summed E-state index contributed by atoms with van der Waals surface area (Å²) in [5, 5.41) is 2.77. The first-order valence-corrected chi connectivity index (χ1v) is 6.19. The van der Waals surface area contributed by atoms with Gasteiger partial charge in [0.05, 0.1) is 17.2 Å². The highest BCUT2D eigenvalue weighted by atomic mass is 32.1. The van der Waals surface area contributed by atoms with E-state index in [0.29, 0.717) is 15.7 Å². The standard InChI is InChI=1S/C11H14N2O4S/c1-4-17-9(16)5-8(15)13-11-12-6(2)10(18-11)7(3)14/h4-5H2,1-3H3,(H,12,13,15). The van der Waals surface area contributed by atoms with Crippen molar-refractivity contribution in [2.24, 2.45) is 0 Å². The fourth-order valence-corrected chi connectivity index (χ4v) is 2.16. The molecule has 1 aromatic heterocycles. The molecule has 98 valence electrons. The third-order valence-corrected chi connectivity index (χ3v) is 3.15. The van der Waals surface area contributed by atoms with Gasteiger partial charge in [-0.25, -0.2) is 4.98 Å². The van der Waals surface area contributed by atoms with Gasteiger partial charge in [0.15, 0.2) is 10.9 Å². The number of hydrogen-bond donors (Lipinski definition) is 1. The minimum absolute atomic E-state index is 0.101. The Morgan fingerprint density at radius 2 is 2.06 bits per heavy atom. The number of carbonyl (C=O) groups is 3. The van der Waals surface area contributed by atoms with Crippen LogP contribution in [0.5, 0.6) is 0 Å². The molecule has 1 aromatic rings. The van der Waals surface area contributed by atoms with Crippen molar-refractivity contribution < 1.29 is 19.1 Å². The maximum atomic E-state index is 11.5. The summed E-state index contributed by atoms with van der Waals surface area (Å²) in [4.78, 5) is 38.3. The molecule has 7 heteroatoms. The maximum absolute atomic E-state index is 11.5. The molecule has 0 aromatic carbocycles. The van der Waals surface area contributed by atoms with Gasteiger partial charge in [-0.2, -0.15) is 0 Å². The first kappa shape index (κ1) is 14.3. The van der Waals surface area contributed by atoms with Crippen molar-refractivity contribution in [2.45, 2.75) is 27.2 Å². The first-order valence-electron chi connectivity index (χ1n) is 5.37. The van der Waals surface area contributed by atoms with Gasteiger partial charge >= 0.3 is 5.97 Å². The van der Waals surface area contributed by atoms with E-state index in [2.05, 4.69) is 15.0 Å². The zero-order valence-corrected chi connectivity index (χ0v) is 11.2. The van der Waals surface area contributed by atoms with Crippen LogP contribution in [0.25, 0.3) is 0 Å². The van der Waals surface area contributed by atoms with Crippen LogP contribution in [0.4, 0.5) is 5.13 Å². The fourth-order valence-electron chi connectivity index (χ4n) is 1.28. The number of ether oxygens (including phenoxy) is 1. The summed E-state index contributed by atoms with van der Waals surface area (Å²) in [5.74, 6) is -1.19. The highest BCUT2D eigenvalue weighted by molar-refractivity contribution is 7.17. The zero-order chi connectivity index (χ0) is 13.7. The van der Waals surface area contributed by atoms with Crippen molar-refractivity contribution in [3.05, 3.63) is 10.6 Å². The second-order valence-corrected chi connectivity index (χ2v) is 4.52. The Labute approximate surface area is 108 Å². The normalized spacial score (nSPS) is 9.94. The van der Waals surface area contributed by atoms with E-state index < -0.39 is 11.9 Å². The molecule has 1 heterocycles. The molecule has 0 radical (unpaired) electrons. The number of ketones is 1. The number of aryl methyl sites for hydroxylation is 1. The van der Waals surface area contributed by atoms with Crippen molar-refractivity contribution in [3.63, 3.8) is 0 Å². The van der Waals surface area contributed by atoms with Gasteiger partial charge in [0.2, 0.25) is 5.91 Å². The van der Waals surface area contributed by atoms with Crippen molar-refractivity contribution in [1.29, 1.82) is 0 Å². The smallest absolute Gasteiger partial charge is 0.315 e. The highest BCUT2D eigenvalue weighted by Crippen LogP contribution is 2.22. The van der Waals surface area contributed by atoms with Gasteiger partial charge in [0, 0.05) is 6.92 Å².